The zero-order valence-electron chi connectivity index (χ0n) is 19.3. The number of carbonyl (C=O) groups is 5. The number of primary amides is 1. The van der Waals surface area contributed by atoms with Crippen LogP contribution >= 0.6 is 0 Å². The maximum Gasteiger partial charge on any atom is 0.326 e. The van der Waals surface area contributed by atoms with E-state index in [4.69, 9.17) is 11.5 Å². The number of rotatable bonds is 12. The fourth-order valence-electron chi connectivity index (χ4n) is 3.54. The molecule has 1 saturated heterocycles. The number of hydrogen-bond donors (Lipinski definition) is 5. The summed E-state index contributed by atoms with van der Waals surface area (Å²) >= 11 is 0. The Balaban J connectivity index is 2.98. The van der Waals surface area contributed by atoms with Crippen molar-refractivity contribution in [3.05, 3.63) is 0 Å². The summed E-state index contributed by atoms with van der Waals surface area (Å²) in [5.74, 6) is -3.90. The van der Waals surface area contributed by atoms with Gasteiger partial charge in [0.05, 0.1) is 6.04 Å². The molecule has 0 aromatic carbocycles. The third kappa shape index (κ3) is 7.47. The molecule has 1 aliphatic heterocycles. The van der Waals surface area contributed by atoms with Crippen molar-refractivity contribution in [1.29, 1.82) is 0 Å². The summed E-state index contributed by atoms with van der Waals surface area (Å²) < 4.78 is 0. The Labute approximate surface area is 188 Å². The Morgan fingerprint density at radius 2 is 1.75 bits per heavy atom. The number of carboxylic acids is 1. The van der Waals surface area contributed by atoms with Crippen LogP contribution in [0.15, 0.2) is 0 Å². The molecular weight excluding hydrogens is 418 g/mol. The second-order valence-corrected chi connectivity index (χ2v) is 8.74. The number of aliphatic carboxylic acids is 1. The van der Waals surface area contributed by atoms with E-state index < -0.39 is 47.9 Å². The fourth-order valence-corrected chi connectivity index (χ4v) is 3.54. The smallest absolute Gasteiger partial charge is 0.326 e. The lowest BCUT2D eigenvalue weighted by molar-refractivity contribution is -0.144. The quantitative estimate of drug-likeness (QED) is 0.258. The van der Waals surface area contributed by atoms with Gasteiger partial charge in [-0.1, -0.05) is 34.1 Å². The second-order valence-electron chi connectivity index (χ2n) is 8.74. The molecular formula is C21H37N5O6. The summed E-state index contributed by atoms with van der Waals surface area (Å²) in [4.78, 5) is 62.7. The molecule has 32 heavy (non-hydrogen) atoms. The lowest BCUT2D eigenvalue weighted by Gasteiger charge is -2.30. The Bertz CT molecular complexity index is 713. The zero-order valence-corrected chi connectivity index (χ0v) is 19.3. The average Bonchev–Trinajstić information content (AvgIpc) is 3.22. The SMILES string of the molecule is CCC(C)C(NC(=O)C(CCC(N)=O)NC(=O)C1CCCN1C(=O)C(N)C(C)C)C(=O)O. The molecule has 182 valence electrons. The fraction of sp³-hybridized carbons (Fsp3) is 0.762. The number of nitrogens with zero attached hydrogens (tertiary/aromatic N) is 1. The summed E-state index contributed by atoms with van der Waals surface area (Å²) in [5.41, 5.74) is 11.2. The van der Waals surface area contributed by atoms with Crippen LogP contribution in [0, 0.1) is 11.8 Å². The van der Waals surface area contributed by atoms with Crippen molar-refractivity contribution in [2.75, 3.05) is 6.54 Å². The van der Waals surface area contributed by atoms with E-state index in [-0.39, 0.29) is 30.6 Å². The van der Waals surface area contributed by atoms with Gasteiger partial charge in [0, 0.05) is 13.0 Å². The third-order valence-electron chi connectivity index (χ3n) is 5.93. The van der Waals surface area contributed by atoms with E-state index >= 15 is 0 Å². The van der Waals surface area contributed by atoms with Crippen LogP contribution in [0.25, 0.3) is 0 Å². The summed E-state index contributed by atoms with van der Waals surface area (Å²) in [5, 5.41) is 14.5. The largest absolute Gasteiger partial charge is 0.480 e. The lowest BCUT2D eigenvalue weighted by Crippen LogP contribution is -2.57. The number of hydrogen-bond acceptors (Lipinski definition) is 6. The molecule has 0 aromatic rings. The van der Waals surface area contributed by atoms with Crippen LogP contribution in [0.2, 0.25) is 0 Å². The Morgan fingerprint density at radius 3 is 2.25 bits per heavy atom. The van der Waals surface area contributed by atoms with Gasteiger partial charge in [0.25, 0.3) is 0 Å². The van der Waals surface area contributed by atoms with Gasteiger partial charge in [-0.15, -0.1) is 0 Å². The van der Waals surface area contributed by atoms with E-state index in [9.17, 15) is 29.1 Å². The highest BCUT2D eigenvalue weighted by Crippen LogP contribution is 2.20. The summed E-state index contributed by atoms with van der Waals surface area (Å²) in [7, 11) is 0. The summed E-state index contributed by atoms with van der Waals surface area (Å²) in [6, 6.07) is -3.85. The van der Waals surface area contributed by atoms with E-state index in [1.165, 1.54) is 4.90 Å². The predicted molar refractivity (Wildman–Crippen MR) is 117 cm³/mol. The first-order chi connectivity index (χ1) is 14.9. The molecule has 7 N–H and O–H groups in total. The van der Waals surface area contributed by atoms with Gasteiger partial charge in [-0.3, -0.25) is 19.2 Å². The first-order valence-electron chi connectivity index (χ1n) is 11.1. The molecule has 0 radical (unpaired) electrons. The van der Waals surface area contributed by atoms with Crippen LogP contribution in [0.3, 0.4) is 0 Å². The van der Waals surface area contributed by atoms with Crippen molar-refractivity contribution < 1.29 is 29.1 Å². The van der Waals surface area contributed by atoms with Crippen molar-refractivity contribution >= 4 is 29.6 Å². The van der Waals surface area contributed by atoms with Crippen molar-refractivity contribution in [3.63, 3.8) is 0 Å². The van der Waals surface area contributed by atoms with Crippen molar-refractivity contribution in [1.82, 2.24) is 15.5 Å². The lowest BCUT2D eigenvalue weighted by atomic mass is 9.98. The molecule has 5 atom stereocenters. The van der Waals surface area contributed by atoms with E-state index in [1.54, 1.807) is 13.8 Å². The standard InChI is InChI=1S/C21H37N5O6/c1-5-12(4)17(21(31)32)25-18(28)13(8-9-15(22)27)24-19(29)14-7-6-10-26(14)20(30)16(23)11(2)3/h11-14,16-17H,5-10,23H2,1-4H3,(H2,22,27)(H,24,29)(H,25,28)(H,31,32). The predicted octanol–water partition coefficient (Wildman–Crippen LogP) is -0.673. The van der Waals surface area contributed by atoms with Gasteiger partial charge in [-0.2, -0.15) is 0 Å². The molecule has 0 bridgehead atoms. The van der Waals surface area contributed by atoms with Gasteiger partial charge in [-0.25, -0.2) is 4.79 Å². The van der Waals surface area contributed by atoms with E-state index in [1.807, 2.05) is 13.8 Å². The topological polar surface area (TPSA) is 185 Å². The van der Waals surface area contributed by atoms with E-state index in [2.05, 4.69) is 10.6 Å². The molecule has 1 fully saturated rings. The number of carbonyl (C=O) groups excluding carboxylic acids is 4. The number of carboxylic acid groups (broad SMARTS) is 1. The Morgan fingerprint density at radius 1 is 1.12 bits per heavy atom. The van der Waals surface area contributed by atoms with Crippen LogP contribution in [-0.4, -0.2) is 70.3 Å². The number of amides is 4. The highest BCUT2D eigenvalue weighted by Gasteiger charge is 2.38. The number of nitrogens with two attached hydrogens (primary N) is 2. The summed E-state index contributed by atoms with van der Waals surface area (Å²) in [6.45, 7) is 7.50. The van der Waals surface area contributed by atoms with Gasteiger partial charge < -0.3 is 32.1 Å². The second kappa shape index (κ2) is 12.4. The molecule has 4 amide bonds. The van der Waals surface area contributed by atoms with Crippen molar-refractivity contribution in [3.8, 4) is 0 Å². The van der Waals surface area contributed by atoms with Crippen LogP contribution in [0.1, 0.15) is 59.8 Å². The highest BCUT2D eigenvalue weighted by atomic mass is 16.4. The van der Waals surface area contributed by atoms with Crippen LogP contribution in [0.5, 0.6) is 0 Å². The molecule has 0 spiro atoms. The highest BCUT2D eigenvalue weighted by molar-refractivity contribution is 5.94. The minimum atomic E-state index is -1.19. The minimum Gasteiger partial charge on any atom is -0.480 e. The van der Waals surface area contributed by atoms with Crippen LogP contribution < -0.4 is 22.1 Å². The monoisotopic (exact) mass is 455 g/mol. The first kappa shape index (κ1) is 27.3. The minimum absolute atomic E-state index is 0.0913. The molecule has 5 unspecified atom stereocenters. The van der Waals surface area contributed by atoms with Crippen molar-refractivity contribution in [2.45, 2.75) is 84.0 Å². The third-order valence-corrected chi connectivity index (χ3v) is 5.93. The van der Waals surface area contributed by atoms with Gasteiger partial charge in [0.2, 0.25) is 23.6 Å². The molecule has 0 aromatic heterocycles. The van der Waals surface area contributed by atoms with E-state index in [0.29, 0.717) is 25.8 Å². The van der Waals surface area contributed by atoms with Crippen LogP contribution in [0.4, 0.5) is 0 Å². The van der Waals surface area contributed by atoms with Gasteiger partial charge in [0.1, 0.15) is 18.1 Å². The molecule has 0 saturated carbocycles. The van der Waals surface area contributed by atoms with Gasteiger partial charge >= 0.3 is 5.97 Å². The normalized spacial score (nSPS) is 19.7. The number of likely N-dealkylation sites (tertiary alicyclic amines) is 1. The Hall–Kier alpha value is -2.69. The van der Waals surface area contributed by atoms with Crippen LogP contribution in [-0.2, 0) is 24.0 Å². The molecule has 1 aliphatic rings. The van der Waals surface area contributed by atoms with Crippen molar-refractivity contribution in [2.24, 2.45) is 23.3 Å². The first-order valence-corrected chi connectivity index (χ1v) is 11.1. The molecule has 11 nitrogen and oxygen atoms in total. The molecule has 11 heteroatoms. The Kier molecular flexibility index (Phi) is 10.6. The molecule has 1 rings (SSSR count). The maximum atomic E-state index is 13.0. The zero-order chi connectivity index (χ0) is 24.6. The molecule has 1 heterocycles. The maximum absolute atomic E-state index is 13.0. The van der Waals surface area contributed by atoms with Gasteiger partial charge in [-0.05, 0) is 31.1 Å². The number of nitrogens with one attached hydrogen (secondary N) is 2. The van der Waals surface area contributed by atoms with E-state index in [0.717, 1.165) is 0 Å². The molecule has 0 aliphatic carbocycles. The van der Waals surface area contributed by atoms with Gasteiger partial charge in [0.15, 0.2) is 0 Å². The summed E-state index contributed by atoms with van der Waals surface area (Å²) in [6.07, 6.45) is 1.28. The average molecular weight is 456 g/mol.